The van der Waals surface area contributed by atoms with Crippen LogP contribution in [0.15, 0.2) is 29.3 Å². The number of nitrogens with zero attached hydrogens (tertiary/aromatic N) is 1. The van der Waals surface area contributed by atoms with E-state index < -0.39 is 15.8 Å². The number of nitrogens with one attached hydrogen (secondary N) is 1. The summed E-state index contributed by atoms with van der Waals surface area (Å²) in [5.74, 6) is -0.446. The molecule has 0 bridgehead atoms. The van der Waals surface area contributed by atoms with E-state index in [2.05, 4.69) is 15.8 Å². The van der Waals surface area contributed by atoms with Gasteiger partial charge in [0.1, 0.15) is 4.90 Å². The van der Waals surface area contributed by atoms with Crippen LogP contribution in [0, 0.1) is 0 Å². The summed E-state index contributed by atoms with van der Waals surface area (Å²) in [7, 11) is -2.05. The van der Waals surface area contributed by atoms with Crippen LogP contribution in [0.4, 0.5) is 0 Å². The van der Waals surface area contributed by atoms with Gasteiger partial charge in [-0.25, -0.2) is 13.1 Å². The molecule has 114 valence electrons. The van der Waals surface area contributed by atoms with Crippen molar-refractivity contribution in [3.05, 3.63) is 30.1 Å². The summed E-state index contributed by atoms with van der Waals surface area (Å²) in [5, 5.41) is 0. The van der Waals surface area contributed by atoms with Gasteiger partial charge in [-0.2, -0.15) is 0 Å². The molecule has 0 aromatic carbocycles. The molecule has 2 heterocycles. The van der Waals surface area contributed by atoms with Crippen molar-refractivity contribution in [2.45, 2.75) is 29.9 Å². The Kier molecular flexibility index (Phi) is 3.83. The molecule has 1 fully saturated rings. The standard InChI is InChI=1S/C14H18N2O4S/c1-15-21(17,18)12-2-3-13(16-10-12)11-4-6-14(7-5-11)19-8-9-20-14/h2-4,10,15H,5-9H2,1H3. The van der Waals surface area contributed by atoms with Crippen molar-refractivity contribution in [1.82, 2.24) is 9.71 Å². The van der Waals surface area contributed by atoms with Crippen molar-refractivity contribution in [3.63, 3.8) is 0 Å². The second kappa shape index (κ2) is 5.49. The Hall–Kier alpha value is -1.28. The minimum atomic E-state index is -3.44. The van der Waals surface area contributed by atoms with Crippen molar-refractivity contribution in [2.75, 3.05) is 20.3 Å². The smallest absolute Gasteiger partial charge is 0.241 e. The molecule has 1 saturated heterocycles. The molecule has 2 aliphatic rings. The van der Waals surface area contributed by atoms with E-state index in [4.69, 9.17) is 9.47 Å². The molecule has 1 N–H and O–H groups in total. The topological polar surface area (TPSA) is 77.5 Å². The predicted octanol–water partition coefficient (Wildman–Crippen LogP) is 1.30. The second-order valence-electron chi connectivity index (χ2n) is 5.13. The first-order valence-corrected chi connectivity index (χ1v) is 8.40. The van der Waals surface area contributed by atoms with Gasteiger partial charge in [-0.05, 0) is 31.2 Å². The lowest BCUT2D eigenvalue weighted by atomic mass is 9.92. The zero-order valence-electron chi connectivity index (χ0n) is 11.8. The monoisotopic (exact) mass is 310 g/mol. The molecule has 0 unspecified atom stereocenters. The average molecular weight is 310 g/mol. The van der Waals surface area contributed by atoms with Crippen LogP contribution in [0.3, 0.4) is 0 Å². The molecule has 0 amide bonds. The molecule has 1 aromatic rings. The minimum Gasteiger partial charge on any atom is -0.347 e. The molecule has 0 atom stereocenters. The molecule has 0 radical (unpaired) electrons. The van der Waals surface area contributed by atoms with Crippen LogP contribution in [0.1, 0.15) is 25.0 Å². The summed E-state index contributed by atoms with van der Waals surface area (Å²) in [5.41, 5.74) is 1.91. The summed E-state index contributed by atoms with van der Waals surface area (Å²) in [6, 6.07) is 3.31. The van der Waals surface area contributed by atoms with Gasteiger partial charge in [-0.1, -0.05) is 6.08 Å². The van der Waals surface area contributed by atoms with E-state index in [1.54, 1.807) is 12.1 Å². The van der Waals surface area contributed by atoms with Gasteiger partial charge >= 0.3 is 0 Å². The van der Waals surface area contributed by atoms with E-state index in [1.165, 1.54) is 13.2 Å². The number of ether oxygens (including phenoxy) is 2. The zero-order valence-corrected chi connectivity index (χ0v) is 12.6. The van der Waals surface area contributed by atoms with Crippen molar-refractivity contribution in [3.8, 4) is 0 Å². The molecule has 1 aromatic heterocycles. The van der Waals surface area contributed by atoms with Crippen molar-refractivity contribution in [1.29, 1.82) is 0 Å². The van der Waals surface area contributed by atoms with Gasteiger partial charge in [0.25, 0.3) is 0 Å². The molecule has 3 rings (SSSR count). The lowest BCUT2D eigenvalue weighted by molar-refractivity contribution is -0.159. The van der Waals surface area contributed by atoms with E-state index in [-0.39, 0.29) is 4.90 Å². The number of sulfonamides is 1. The van der Waals surface area contributed by atoms with Crippen LogP contribution in [0.5, 0.6) is 0 Å². The highest BCUT2D eigenvalue weighted by Gasteiger charge is 2.37. The summed E-state index contributed by atoms with van der Waals surface area (Å²) in [4.78, 5) is 4.43. The van der Waals surface area contributed by atoms with E-state index in [0.29, 0.717) is 19.6 Å². The fourth-order valence-corrected chi connectivity index (χ4v) is 3.32. The highest BCUT2D eigenvalue weighted by atomic mass is 32.2. The Labute approximate surface area is 124 Å². The van der Waals surface area contributed by atoms with Gasteiger partial charge in [0.05, 0.1) is 18.9 Å². The SMILES string of the molecule is CNS(=O)(=O)c1ccc(C2=CCC3(CC2)OCCO3)nc1. The molecular weight excluding hydrogens is 292 g/mol. The third kappa shape index (κ3) is 2.87. The normalized spacial score (nSPS) is 21.5. The maximum Gasteiger partial charge on any atom is 0.241 e. The van der Waals surface area contributed by atoms with E-state index in [9.17, 15) is 8.42 Å². The number of hydrogen-bond acceptors (Lipinski definition) is 5. The second-order valence-corrected chi connectivity index (χ2v) is 7.01. The van der Waals surface area contributed by atoms with Crippen LogP contribution in [-0.2, 0) is 19.5 Å². The summed E-state index contributed by atoms with van der Waals surface area (Å²) in [6.45, 7) is 1.30. The van der Waals surface area contributed by atoms with Crippen LogP contribution < -0.4 is 4.72 Å². The zero-order chi connectivity index (χ0) is 14.9. The molecule has 6 nitrogen and oxygen atoms in total. The minimum absolute atomic E-state index is 0.170. The van der Waals surface area contributed by atoms with Crippen LogP contribution in [0.25, 0.3) is 5.57 Å². The Morgan fingerprint density at radius 2 is 2.05 bits per heavy atom. The van der Waals surface area contributed by atoms with Crippen LogP contribution in [0.2, 0.25) is 0 Å². The molecule has 21 heavy (non-hydrogen) atoms. The largest absolute Gasteiger partial charge is 0.347 e. The fraction of sp³-hybridized carbons (Fsp3) is 0.500. The van der Waals surface area contributed by atoms with Gasteiger partial charge in [0.15, 0.2) is 5.79 Å². The third-order valence-electron chi connectivity index (χ3n) is 3.89. The van der Waals surface area contributed by atoms with Crippen molar-refractivity contribution in [2.24, 2.45) is 0 Å². The van der Waals surface area contributed by atoms with E-state index in [0.717, 1.165) is 24.1 Å². The first kappa shape index (κ1) is 14.6. The maximum atomic E-state index is 11.7. The van der Waals surface area contributed by atoms with Crippen molar-refractivity contribution < 1.29 is 17.9 Å². The highest BCUT2D eigenvalue weighted by molar-refractivity contribution is 7.89. The van der Waals surface area contributed by atoms with E-state index in [1.807, 2.05) is 0 Å². The van der Waals surface area contributed by atoms with E-state index >= 15 is 0 Å². The number of aromatic nitrogens is 1. The Balaban J connectivity index is 1.78. The van der Waals surface area contributed by atoms with Gasteiger partial charge in [-0.3, -0.25) is 4.98 Å². The summed E-state index contributed by atoms with van der Waals surface area (Å²) in [6.07, 6.45) is 5.78. The number of allylic oxidation sites excluding steroid dienone is 1. The van der Waals surface area contributed by atoms with Gasteiger partial charge in [0.2, 0.25) is 10.0 Å². The Morgan fingerprint density at radius 1 is 1.29 bits per heavy atom. The Morgan fingerprint density at radius 3 is 2.57 bits per heavy atom. The molecule has 1 spiro atoms. The lowest BCUT2D eigenvalue weighted by Gasteiger charge is -2.30. The number of rotatable bonds is 3. The van der Waals surface area contributed by atoms with Crippen molar-refractivity contribution >= 4 is 15.6 Å². The quantitative estimate of drug-likeness (QED) is 0.910. The number of hydrogen-bond donors (Lipinski definition) is 1. The molecule has 0 saturated carbocycles. The van der Waals surface area contributed by atoms with Gasteiger partial charge < -0.3 is 9.47 Å². The lowest BCUT2D eigenvalue weighted by Crippen LogP contribution is -2.31. The molecule has 1 aliphatic heterocycles. The fourth-order valence-electron chi connectivity index (χ4n) is 2.65. The van der Waals surface area contributed by atoms with Gasteiger partial charge in [-0.15, -0.1) is 0 Å². The molecule has 1 aliphatic carbocycles. The first-order chi connectivity index (χ1) is 10.0. The first-order valence-electron chi connectivity index (χ1n) is 6.92. The average Bonchev–Trinajstić information content (AvgIpc) is 2.96. The van der Waals surface area contributed by atoms with Crippen LogP contribution >= 0.6 is 0 Å². The molecule has 7 heteroatoms. The Bertz CT molecular complexity index is 646. The van der Waals surface area contributed by atoms with Gasteiger partial charge in [0, 0.05) is 19.0 Å². The maximum absolute atomic E-state index is 11.7. The summed E-state index contributed by atoms with van der Waals surface area (Å²) >= 11 is 0. The van der Waals surface area contributed by atoms with Crippen LogP contribution in [-0.4, -0.2) is 39.5 Å². The highest BCUT2D eigenvalue weighted by Crippen LogP contribution is 2.37. The molecular formula is C14H18N2O4S. The third-order valence-corrected chi connectivity index (χ3v) is 5.29. The summed E-state index contributed by atoms with van der Waals surface area (Å²) < 4.78 is 36.9. The number of pyridine rings is 1. The predicted molar refractivity (Wildman–Crippen MR) is 76.9 cm³/mol.